The van der Waals surface area contributed by atoms with E-state index in [9.17, 15) is 26.4 Å². The molecule has 2 rings (SSSR count). The summed E-state index contributed by atoms with van der Waals surface area (Å²) in [6.07, 6.45) is 2.30. The van der Waals surface area contributed by atoms with E-state index in [0.29, 0.717) is 36.8 Å². The van der Waals surface area contributed by atoms with Crippen molar-refractivity contribution in [3.05, 3.63) is 28.8 Å². The largest absolute Gasteiger partial charge is 0.534 e. The summed E-state index contributed by atoms with van der Waals surface area (Å²) in [4.78, 5) is 11.9. The van der Waals surface area contributed by atoms with E-state index in [-0.39, 0.29) is 17.1 Å². The van der Waals surface area contributed by atoms with E-state index in [1.54, 1.807) is 0 Å². The minimum absolute atomic E-state index is 0.0872. The number of halogens is 3. The van der Waals surface area contributed by atoms with Crippen molar-refractivity contribution < 1.29 is 30.6 Å². The van der Waals surface area contributed by atoms with Crippen LogP contribution in [-0.2, 0) is 16.5 Å². The quantitative estimate of drug-likeness (QED) is 0.477. The Morgan fingerprint density at radius 1 is 1.14 bits per heavy atom. The van der Waals surface area contributed by atoms with E-state index in [2.05, 4.69) is 4.18 Å². The Balaban J connectivity index is 2.44. The molecule has 21 heavy (non-hydrogen) atoms. The van der Waals surface area contributed by atoms with Gasteiger partial charge in [-0.1, -0.05) is 0 Å². The SMILES string of the molecule is Cc1cc2c(cc1OS(=O)(=O)C(F)(F)F)CCCCC2=O. The van der Waals surface area contributed by atoms with Crippen molar-refractivity contribution in [1.29, 1.82) is 0 Å². The van der Waals surface area contributed by atoms with Crippen LogP contribution in [0.1, 0.15) is 40.7 Å². The van der Waals surface area contributed by atoms with Gasteiger partial charge in [0, 0.05) is 12.0 Å². The van der Waals surface area contributed by atoms with Gasteiger partial charge in [-0.15, -0.1) is 0 Å². The molecule has 0 aromatic heterocycles. The average molecular weight is 322 g/mol. The first-order valence-corrected chi connectivity index (χ1v) is 7.70. The van der Waals surface area contributed by atoms with Crippen LogP contribution in [0.25, 0.3) is 0 Å². The molecule has 1 aliphatic rings. The van der Waals surface area contributed by atoms with Gasteiger partial charge in [0.2, 0.25) is 0 Å². The second-order valence-corrected chi connectivity index (χ2v) is 6.43. The second-order valence-electron chi connectivity index (χ2n) is 4.89. The average Bonchev–Trinajstić information content (AvgIpc) is 2.51. The van der Waals surface area contributed by atoms with E-state index < -0.39 is 15.6 Å². The highest BCUT2D eigenvalue weighted by atomic mass is 32.2. The maximum absolute atomic E-state index is 12.3. The van der Waals surface area contributed by atoms with Crippen molar-refractivity contribution >= 4 is 15.9 Å². The molecule has 0 heterocycles. The van der Waals surface area contributed by atoms with Crippen molar-refractivity contribution in [3.8, 4) is 5.75 Å². The summed E-state index contributed by atoms with van der Waals surface area (Å²) in [5.41, 5.74) is -4.35. The van der Waals surface area contributed by atoms with Gasteiger partial charge < -0.3 is 4.18 Å². The Morgan fingerprint density at radius 2 is 1.76 bits per heavy atom. The molecular weight excluding hydrogens is 309 g/mol. The monoisotopic (exact) mass is 322 g/mol. The molecule has 116 valence electrons. The van der Waals surface area contributed by atoms with Gasteiger partial charge in [-0.05, 0) is 49.4 Å². The van der Waals surface area contributed by atoms with Crippen molar-refractivity contribution in [1.82, 2.24) is 0 Å². The van der Waals surface area contributed by atoms with Crippen LogP contribution >= 0.6 is 0 Å². The zero-order valence-corrected chi connectivity index (χ0v) is 12.0. The fraction of sp³-hybridized carbons (Fsp3) is 0.462. The zero-order valence-electron chi connectivity index (χ0n) is 11.2. The predicted molar refractivity (Wildman–Crippen MR) is 68.7 cm³/mol. The van der Waals surface area contributed by atoms with E-state index in [4.69, 9.17) is 0 Å². The molecule has 0 fully saturated rings. The lowest BCUT2D eigenvalue weighted by Crippen LogP contribution is -2.28. The van der Waals surface area contributed by atoms with Gasteiger partial charge in [-0.25, -0.2) is 0 Å². The third-order valence-corrected chi connectivity index (χ3v) is 4.25. The number of Topliss-reactive ketones (excluding diaryl/α,β-unsaturated/α-hetero) is 1. The van der Waals surface area contributed by atoms with Crippen molar-refractivity contribution in [2.45, 2.75) is 38.1 Å². The first-order valence-electron chi connectivity index (χ1n) is 6.29. The van der Waals surface area contributed by atoms with E-state index in [1.165, 1.54) is 19.1 Å². The van der Waals surface area contributed by atoms with Crippen LogP contribution in [0.15, 0.2) is 12.1 Å². The molecule has 0 unspecified atom stereocenters. The molecule has 4 nitrogen and oxygen atoms in total. The van der Waals surface area contributed by atoms with Crippen molar-refractivity contribution in [3.63, 3.8) is 0 Å². The van der Waals surface area contributed by atoms with Gasteiger partial charge >= 0.3 is 15.6 Å². The molecule has 0 bridgehead atoms. The van der Waals surface area contributed by atoms with Crippen LogP contribution in [0.3, 0.4) is 0 Å². The third-order valence-electron chi connectivity index (χ3n) is 3.28. The van der Waals surface area contributed by atoms with E-state index >= 15 is 0 Å². The Morgan fingerprint density at radius 3 is 2.38 bits per heavy atom. The van der Waals surface area contributed by atoms with E-state index in [0.717, 1.165) is 0 Å². The topological polar surface area (TPSA) is 60.4 Å². The van der Waals surface area contributed by atoms with Gasteiger partial charge in [0.1, 0.15) is 5.75 Å². The van der Waals surface area contributed by atoms with Crippen molar-refractivity contribution in [2.24, 2.45) is 0 Å². The van der Waals surface area contributed by atoms with Crippen LogP contribution in [0.2, 0.25) is 0 Å². The molecular formula is C13H13F3O4S. The predicted octanol–water partition coefficient (Wildman–Crippen LogP) is 3.13. The Kier molecular flexibility index (Phi) is 4.01. The highest BCUT2D eigenvalue weighted by Crippen LogP contribution is 2.32. The fourth-order valence-corrected chi connectivity index (χ4v) is 2.70. The Bertz CT molecular complexity index is 677. The summed E-state index contributed by atoms with van der Waals surface area (Å²) in [6.45, 7) is 1.40. The number of fused-ring (bicyclic) bond motifs is 1. The lowest BCUT2D eigenvalue weighted by molar-refractivity contribution is -0.0500. The lowest BCUT2D eigenvalue weighted by Gasteiger charge is -2.14. The molecule has 1 aromatic carbocycles. The summed E-state index contributed by atoms with van der Waals surface area (Å²) < 4.78 is 63.3. The molecule has 0 radical (unpaired) electrons. The normalized spacial score (nSPS) is 16.3. The zero-order chi connectivity index (χ0) is 15.8. The number of rotatable bonds is 2. The Labute approximate surface area is 120 Å². The second kappa shape index (κ2) is 5.32. The van der Waals surface area contributed by atoms with Crippen LogP contribution in [0.4, 0.5) is 13.2 Å². The Hall–Kier alpha value is -1.57. The van der Waals surface area contributed by atoms with Crippen LogP contribution in [0.5, 0.6) is 5.75 Å². The lowest BCUT2D eigenvalue weighted by atomic mass is 9.99. The smallest absolute Gasteiger partial charge is 0.376 e. The molecule has 0 saturated carbocycles. The van der Waals surface area contributed by atoms with Gasteiger partial charge in [-0.3, -0.25) is 4.79 Å². The molecule has 1 aliphatic carbocycles. The summed E-state index contributed by atoms with van der Waals surface area (Å²) in [7, 11) is -5.71. The van der Waals surface area contributed by atoms with Crippen LogP contribution < -0.4 is 4.18 Å². The number of benzene rings is 1. The molecule has 0 N–H and O–H groups in total. The number of aryl methyl sites for hydroxylation is 2. The summed E-state index contributed by atoms with van der Waals surface area (Å²) in [6, 6.07) is 2.61. The maximum atomic E-state index is 12.3. The standard InChI is InChI=1S/C13H13F3O4S/c1-8-6-10-9(4-2-3-5-11(10)17)7-12(8)20-21(18,19)13(14,15)16/h6-7H,2-5H2,1H3. The fourth-order valence-electron chi connectivity index (χ4n) is 2.19. The molecule has 0 aliphatic heterocycles. The number of carbonyl (C=O) groups is 1. The summed E-state index contributed by atoms with van der Waals surface area (Å²) in [5.74, 6) is -0.475. The van der Waals surface area contributed by atoms with Gasteiger partial charge in [-0.2, -0.15) is 21.6 Å². The summed E-state index contributed by atoms with van der Waals surface area (Å²) in [5, 5.41) is 0. The first-order chi connectivity index (χ1) is 9.62. The number of ketones is 1. The highest BCUT2D eigenvalue weighted by molar-refractivity contribution is 7.88. The molecule has 1 aromatic rings. The molecule has 0 spiro atoms. The number of hydrogen-bond acceptors (Lipinski definition) is 4. The first kappa shape index (κ1) is 15.8. The number of hydrogen-bond donors (Lipinski definition) is 0. The number of carbonyl (C=O) groups excluding carboxylic acids is 1. The van der Waals surface area contributed by atoms with E-state index in [1.807, 2.05) is 0 Å². The van der Waals surface area contributed by atoms with Crippen LogP contribution in [0, 0.1) is 6.92 Å². The van der Waals surface area contributed by atoms with Crippen molar-refractivity contribution in [2.75, 3.05) is 0 Å². The summed E-state index contributed by atoms with van der Waals surface area (Å²) >= 11 is 0. The molecule has 0 amide bonds. The van der Waals surface area contributed by atoms with Gasteiger partial charge in [0.15, 0.2) is 5.78 Å². The molecule has 0 atom stereocenters. The van der Waals surface area contributed by atoms with Gasteiger partial charge in [0.05, 0.1) is 0 Å². The maximum Gasteiger partial charge on any atom is 0.534 e. The minimum Gasteiger partial charge on any atom is -0.376 e. The van der Waals surface area contributed by atoms with Crippen LogP contribution in [-0.4, -0.2) is 19.7 Å². The number of alkyl halides is 3. The molecule has 0 saturated heterocycles. The molecule has 8 heteroatoms. The van der Waals surface area contributed by atoms with Gasteiger partial charge in [0.25, 0.3) is 0 Å². The highest BCUT2D eigenvalue weighted by Gasteiger charge is 2.48. The third kappa shape index (κ3) is 3.20. The minimum atomic E-state index is -5.71.